The minimum atomic E-state index is 0.466. The third-order valence-corrected chi connectivity index (χ3v) is 6.51. The van der Waals surface area contributed by atoms with Crippen molar-refractivity contribution in [2.75, 3.05) is 7.05 Å². The number of benzene rings is 1. The van der Waals surface area contributed by atoms with Crippen molar-refractivity contribution in [1.29, 1.82) is 0 Å². The Kier molecular flexibility index (Phi) is 6.88. The molecular formula is C26H34ClN. The number of fused-ring (bicyclic) bond motifs is 1. The van der Waals surface area contributed by atoms with Crippen molar-refractivity contribution < 1.29 is 0 Å². The van der Waals surface area contributed by atoms with Crippen LogP contribution >= 0.6 is 11.6 Å². The van der Waals surface area contributed by atoms with E-state index in [0.717, 1.165) is 31.3 Å². The van der Waals surface area contributed by atoms with Gasteiger partial charge in [0.05, 0.1) is 0 Å². The van der Waals surface area contributed by atoms with Crippen LogP contribution in [0, 0.1) is 0 Å². The molecular weight excluding hydrogens is 362 g/mol. The molecule has 0 saturated carbocycles. The normalized spacial score (nSPS) is 16.6. The summed E-state index contributed by atoms with van der Waals surface area (Å²) in [5, 5.41) is 0.659. The molecule has 2 aliphatic carbocycles. The fraction of sp³-hybridized carbons (Fsp3) is 0.462. The molecule has 0 saturated heterocycles. The lowest BCUT2D eigenvalue weighted by Crippen LogP contribution is -2.27. The second-order valence-electron chi connectivity index (χ2n) is 8.46. The Hall–Kier alpha value is -1.73. The van der Waals surface area contributed by atoms with Gasteiger partial charge in [-0.15, -0.1) is 0 Å². The second kappa shape index (κ2) is 9.18. The molecule has 3 rings (SSSR count). The van der Waals surface area contributed by atoms with E-state index in [-0.39, 0.29) is 0 Å². The van der Waals surface area contributed by atoms with Gasteiger partial charge < -0.3 is 4.90 Å². The predicted octanol–water partition coefficient (Wildman–Crippen LogP) is 7.43. The van der Waals surface area contributed by atoms with Crippen LogP contribution < -0.4 is 0 Å². The Labute approximate surface area is 176 Å². The van der Waals surface area contributed by atoms with Gasteiger partial charge in [0.1, 0.15) is 0 Å². The SMILES string of the molecule is C=C(Cl)C1=C(N(C)C(C)C)CCC(CCc2ccc3c(c2)CCC(CC)=C3)=C1. The summed E-state index contributed by atoms with van der Waals surface area (Å²) in [4.78, 5) is 2.33. The zero-order chi connectivity index (χ0) is 20.3. The molecule has 2 heteroatoms. The number of allylic oxidation sites excluding steroid dienone is 6. The lowest BCUT2D eigenvalue weighted by Gasteiger charge is -2.31. The summed E-state index contributed by atoms with van der Waals surface area (Å²) in [6.45, 7) is 10.7. The van der Waals surface area contributed by atoms with Crippen LogP contribution in [-0.4, -0.2) is 18.0 Å². The van der Waals surface area contributed by atoms with E-state index in [1.165, 1.54) is 47.2 Å². The fourth-order valence-corrected chi connectivity index (χ4v) is 4.39. The summed E-state index contributed by atoms with van der Waals surface area (Å²) in [6, 6.07) is 7.52. The summed E-state index contributed by atoms with van der Waals surface area (Å²) in [7, 11) is 2.16. The Morgan fingerprint density at radius 1 is 1.07 bits per heavy atom. The molecule has 28 heavy (non-hydrogen) atoms. The molecule has 150 valence electrons. The van der Waals surface area contributed by atoms with E-state index in [1.54, 1.807) is 5.57 Å². The van der Waals surface area contributed by atoms with Crippen LogP contribution in [0.5, 0.6) is 0 Å². The maximum Gasteiger partial charge on any atom is 0.0423 e. The molecule has 0 heterocycles. The predicted molar refractivity (Wildman–Crippen MR) is 124 cm³/mol. The third kappa shape index (κ3) is 4.81. The number of nitrogens with zero attached hydrogens (tertiary/aromatic N) is 1. The first-order valence-corrected chi connectivity index (χ1v) is 11.1. The van der Waals surface area contributed by atoms with Crippen LogP contribution in [0.25, 0.3) is 6.08 Å². The molecule has 0 unspecified atom stereocenters. The zero-order valence-electron chi connectivity index (χ0n) is 17.9. The van der Waals surface area contributed by atoms with Crippen LogP contribution in [0.2, 0.25) is 0 Å². The second-order valence-corrected chi connectivity index (χ2v) is 8.92. The summed E-state index contributed by atoms with van der Waals surface area (Å²) in [5.74, 6) is 0. The Balaban J connectivity index is 1.72. The molecule has 1 aromatic rings. The summed E-state index contributed by atoms with van der Waals surface area (Å²) < 4.78 is 0. The van der Waals surface area contributed by atoms with Gasteiger partial charge >= 0.3 is 0 Å². The topological polar surface area (TPSA) is 3.24 Å². The largest absolute Gasteiger partial charge is 0.375 e. The molecule has 0 fully saturated rings. The van der Waals surface area contributed by atoms with Crippen molar-refractivity contribution in [2.24, 2.45) is 0 Å². The van der Waals surface area contributed by atoms with Gasteiger partial charge in [0.15, 0.2) is 0 Å². The highest BCUT2D eigenvalue weighted by Gasteiger charge is 2.19. The van der Waals surface area contributed by atoms with Gasteiger partial charge in [-0.1, -0.05) is 66.6 Å². The van der Waals surface area contributed by atoms with Crippen LogP contribution in [0.4, 0.5) is 0 Å². The molecule has 0 N–H and O–H groups in total. The monoisotopic (exact) mass is 395 g/mol. The number of hydrogen-bond donors (Lipinski definition) is 0. The minimum absolute atomic E-state index is 0.466. The van der Waals surface area contributed by atoms with E-state index in [4.69, 9.17) is 11.6 Å². The number of aryl methyl sites for hydroxylation is 2. The first-order chi connectivity index (χ1) is 13.4. The lowest BCUT2D eigenvalue weighted by atomic mass is 9.88. The molecule has 0 spiro atoms. The molecule has 0 aliphatic heterocycles. The Morgan fingerprint density at radius 2 is 1.82 bits per heavy atom. The molecule has 0 aromatic heterocycles. The molecule has 0 amide bonds. The molecule has 2 aliphatic rings. The van der Waals surface area contributed by atoms with Crippen LogP contribution in [0.1, 0.15) is 69.6 Å². The van der Waals surface area contributed by atoms with E-state index in [2.05, 4.69) is 69.6 Å². The molecule has 0 bridgehead atoms. The van der Waals surface area contributed by atoms with Crippen molar-refractivity contribution >= 4 is 17.7 Å². The van der Waals surface area contributed by atoms with Crippen molar-refractivity contribution in [3.05, 3.63) is 75.0 Å². The number of rotatable bonds is 7. The van der Waals surface area contributed by atoms with Gasteiger partial charge in [0.25, 0.3) is 0 Å². The quantitative estimate of drug-likeness (QED) is 0.464. The van der Waals surface area contributed by atoms with Crippen molar-refractivity contribution in [1.82, 2.24) is 4.90 Å². The highest BCUT2D eigenvalue weighted by atomic mass is 35.5. The minimum Gasteiger partial charge on any atom is -0.375 e. The van der Waals surface area contributed by atoms with E-state index in [9.17, 15) is 0 Å². The van der Waals surface area contributed by atoms with Crippen LogP contribution in [0.3, 0.4) is 0 Å². The number of halogens is 1. The van der Waals surface area contributed by atoms with Crippen LogP contribution in [-0.2, 0) is 12.8 Å². The number of hydrogen-bond acceptors (Lipinski definition) is 1. The summed E-state index contributed by atoms with van der Waals surface area (Å²) in [6.07, 6.45) is 12.6. The molecule has 1 nitrogen and oxygen atoms in total. The maximum absolute atomic E-state index is 6.36. The smallest absolute Gasteiger partial charge is 0.0423 e. The van der Waals surface area contributed by atoms with Crippen LogP contribution in [0.15, 0.2) is 58.3 Å². The fourth-order valence-electron chi connectivity index (χ4n) is 4.23. The highest BCUT2D eigenvalue weighted by Crippen LogP contribution is 2.34. The van der Waals surface area contributed by atoms with Crippen molar-refractivity contribution in [3.63, 3.8) is 0 Å². The van der Waals surface area contributed by atoms with Crippen molar-refractivity contribution in [3.8, 4) is 0 Å². The molecule has 1 aromatic carbocycles. The molecule has 0 radical (unpaired) electrons. The van der Waals surface area contributed by atoms with Gasteiger partial charge in [-0.25, -0.2) is 0 Å². The lowest BCUT2D eigenvalue weighted by molar-refractivity contribution is 0.328. The third-order valence-electron chi connectivity index (χ3n) is 6.31. The van der Waals surface area contributed by atoms with E-state index < -0.39 is 0 Å². The first kappa shape index (κ1) is 21.0. The Bertz CT molecular complexity index is 838. The summed E-state index contributed by atoms with van der Waals surface area (Å²) in [5.41, 5.74) is 9.91. The summed E-state index contributed by atoms with van der Waals surface area (Å²) >= 11 is 6.36. The van der Waals surface area contributed by atoms with Crippen molar-refractivity contribution in [2.45, 2.75) is 71.8 Å². The van der Waals surface area contributed by atoms with E-state index in [1.807, 2.05) is 0 Å². The van der Waals surface area contributed by atoms with E-state index >= 15 is 0 Å². The zero-order valence-corrected chi connectivity index (χ0v) is 18.7. The van der Waals surface area contributed by atoms with Gasteiger partial charge in [-0.05, 0) is 75.5 Å². The van der Waals surface area contributed by atoms with E-state index in [0.29, 0.717) is 11.1 Å². The average molecular weight is 396 g/mol. The standard InChI is InChI=1S/C26H34ClN/c1-6-20-9-12-24-16-21(10-13-23(24)15-20)7-8-22-11-14-26(28(5)18(2)3)25(17-22)19(4)27/h10,13,15-18H,4,6-9,11-12,14H2,1-3,5H3. The Morgan fingerprint density at radius 3 is 2.50 bits per heavy atom. The first-order valence-electron chi connectivity index (χ1n) is 10.7. The van der Waals surface area contributed by atoms with Gasteiger partial charge in [0.2, 0.25) is 0 Å². The average Bonchev–Trinajstić information content (AvgIpc) is 2.70. The van der Waals surface area contributed by atoms with Gasteiger partial charge in [-0.3, -0.25) is 0 Å². The van der Waals surface area contributed by atoms with Gasteiger partial charge in [-0.2, -0.15) is 0 Å². The van der Waals surface area contributed by atoms with Gasteiger partial charge in [0, 0.05) is 29.4 Å². The highest BCUT2D eigenvalue weighted by molar-refractivity contribution is 6.32. The maximum atomic E-state index is 6.36. The molecule has 0 atom stereocenters.